The van der Waals surface area contributed by atoms with Gasteiger partial charge in [0.15, 0.2) is 0 Å². The highest BCUT2D eigenvalue weighted by Crippen LogP contribution is 2.24. The average molecular weight is 250 g/mol. The van der Waals surface area contributed by atoms with E-state index in [1.807, 2.05) is 0 Å². The van der Waals surface area contributed by atoms with Crippen molar-refractivity contribution < 1.29 is 4.74 Å². The summed E-state index contributed by atoms with van der Waals surface area (Å²) in [6, 6.07) is 8.73. The third-order valence-corrected chi connectivity index (χ3v) is 3.29. The molecule has 1 aromatic carbocycles. The van der Waals surface area contributed by atoms with Gasteiger partial charge in [0.05, 0.1) is 6.61 Å². The first-order chi connectivity index (χ1) is 8.78. The number of ether oxygens (including phenoxy) is 1. The number of hydrogen-bond acceptors (Lipinski definition) is 3. The van der Waals surface area contributed by atoms with E-state index in [0.29, 0.717) is 19.2 Å². The van der Waals surface area contributed by atoms with E-state index in [0.717, 1.165) is 19.5 Å². The Balaban J connectivity index is 2.99. The van der Waals surface area contributed by atoms with E-state index in [1.54, 1.807) is 7.11 Å². The Morgan fingerprint density at radius 3 is 2.56 bits per heavy atom. The standard InChI is InChI=1S/C15H26N2O/c1-4-10-17(5-2)15(11-16)14-9-7-6-8-13(14)12-18-3/h6-9,15H,4-5,10-12,16H2,1-3H3. The Bertz CT molecular complexity index is 341. The second-order valence-electron chi connectivity index (χ2n) is 4.51. The lowest BCUT2D eigenvalue weighted by Gasteiger charge is -2.31. The summed E-state index contributed by atoms with van der Waals surface area (Å²) in [6.45, 7) is 7.80. The molecule has 3 nitrogen and oxygen atoms in total. The molecule has 1 aromatic rings. The molecule has 18 heavy (non-hydrogen) atoms. The molecule has 1 unspecified atom stereocenters. The van der Waals surface area contributed by atoms with E-state index in [-0.39, 0.29) is 0 Å². The van der Waals surface area contributed by atoms with Crippen LogP contribution >= 0.6 is 0 Å². The molecule has 0 saturated heterocycles. The highest BCUT2D eigenvalue weighted by Gasteiger charge is 2.19. The fourth-order valence-electron chi connectivity index (χ4n) is 2.44. The molecule has 1 atom stereocenters. The minimum absolute atomic E-state index is 0.293. The number of nitrogens with two attached hydrogens (primary N) is 1. The number of hydrogen-bond donors (Lipinski definition) is 1. The summed E-state index contributed by atoms with van der Waals surface area (Å²) in [5.41, 5.74) is 8.54. The lowest BCUT2D eigenvalue weighted by Crippen LogP contribution is -2.34. The highest BCUT2D eigenvalue weighted by molar-refractivity contribution is 5.30. The van der Waals surface area contributed by atoms with Crippen molar-refractivity contribution in [1.29, 1.82) is 0 Å². The van der Waals surface area contributed by atoms with Crippen molar-refractivity contribution in [2.75, 3.05) is 26.7 Å². The zero-order valence-corrected chi connectivity index (χ0v) is 11.9. The lowest BCUT2D eigenvalue weighted by molar-refractivity contribution is 0.176. The molecule has 0 aliphatic rings. The quantitative estimate of drug-likeness (QED) is 0.770. The summed E-state index contributed by atoms with van der Waals surface area (Å²) in [6.07, 6.45) is 1.15. The van der Waals surface area contributed by atoms with E-state index in [1.165, 1.54) is 11.1 Å². The van der Waals surface area contributed by atoms with E-state index < -0.39 is 0 Å². The molecule has 0 heterocycles. The minimum atomic E-state index is 0.293. The van der Waals surface area contributed by atoms with Crippen molar-refractivity contribution in [1.82, 2.24) is 4.90 Å². The van der Waals surface area contributed by atoms with Crippen LogP contribution in [0.2, 0.25) is 0 Å². The zero-order chi connectivity index (χ0) is 13.4. The van der Waals surface area contributed by atoms with Crippen molar-refractivity contribution in [2.24, 2.45) is 5.73 Å². The Labute approximate surface area is 111 Å². The van der Waals surface area contributed by atoms with Gasteiger partial charge in [-0.05, 0) is 30.6 Å². The maximum Gasteiger partial charge on any atom is 0.0716 e. The summed E-state index contributed by atoms with van der Waals surface area (Å²) >= 11 is 0. The van der Waals surface area contributed by atoms with E-state index in [9.17, 15) is 0 Å². The van der Waals surface area contributed by atoms with Gasteiger partial charge in [-0.2, -0.15) is 0 Å². The maximum absolute atomic E-state index is 5.99. The molecule has 2 N–H and O–H groups in total. The van der Waals surface area contributed by atoms with Crippen LogP contribution in [0.15, 0.2) is 24.3 Å². The van der Waals surface area contributed by atoms with E-state index >= 15 is 0 Å². The Morgan fingerprint density at radius 2 is 2.00 bits per heavy atom. The molecule has 0 aromatic heterocycles. The first kappa shape index (κ1) is 15.2. The van der Waals surface area contributed by atoms with Crippen LogP contribution in [0.3, 0.4) is 0 Å². The van der Waals surface area contributed by atoms with Gasteiger partial charge in [0, 0.05) is 19.7 Å². The van der Waals surface area contributed by atoms with Gasteiger partial charge in [0.25, 0.3) is 0 Å². The molecule has 0 spiro atoms. The Kier molecular flexibility index (Phi) is 6.94. The van der Waals surface area contributed by atoms with Gasteiger partial charge in [-0.3, -0.25) is 4.90 Å². The summed E-state index contributed by atoms with van der Waals surface area (Å²) in [5, 5.41) is 0. The van der Waals surface area contributed by atoms with Gasteiger partial charge in [0.1, 0.15) is 0 Å². The van der Waals surface area contributed by atoms with Crippen molar-refractivity contribution in [3.05, 3.63) is 35.4 Å². The second kappa shape index (κ2) is 8.25. The largest absolute Gasteiger partial charge is 0.380 e. The molecule has 0 amide bonds. The zero-order valence-electron chi connectivity index (χ0n) is 11.9. The Hall–Kier alpha value is -0.900. The van der Waals surface area contributed by atoms with E-state index in [4.69, 9.17) is 10.5 Å². The smallest absolute Gasteiger partial charge is 0.0716 e. The molecule has 102 valence electrons. The number of nitrogens with zero attached hydrogens (tertiary/aromatic N) is 1. The van der Waals surface area contributed by atoms with Crippen molar-refractivity contribution in [2.45, 2.75) is 32.9 Å². The van der Waals surface area contributed by atoms with Crippen molar-refractivity contribution in [3.8, 4) is 0 Å². The average Bonchev–Trinajstić information content (AvgIpc) is 2.40. The lowest BCUT2D eigenvalue weighted by atomic mass is 9.99. The summed E-state index contributed by atoms with van der Waals surface area (Å²) in [4.78, 5) is 2.44. The van der Waals surface area contributed by atoms with Gasteiger partial charge < -0.3 is 10.5 Å². The first-order valence-electron chi connectivity index (χ1n) is 6.79. The van der Waals surface area contributed by atoms with Crippen LogP contribution in [-0.4, -0.2) is 31.6 Å². The van der Waals surface area contributed by atoms with Crippen LogP contribution in [0.25, 0.3) is 0 Å². The number of benzene rings is 1. The van der Waals surface area contributed by atoms with Crippen LogP contribution < -0.4 is 5.73 Å². The maximum atomic E-state index is 5.99. The predicted molar refractivity (Wildman–Crippen MR) is 76.5 cm³/mol. The Morgan fingerprint density at radius 1 is 1.28 bits per heavy atom. The molecule has 0 saturated carbocycles. The van der Waals surface area contributed by atoms with Gasteiger partial charge in [-0.1, -0.05) is 38.1 Å². The van der Waals surface area contributed by atoms with Crippen molar-refractivity contribution >= 4 is 0 Å². The van der Waals surface area contributed by atoms with Gasteiger partial charge in [-0.15, -0.1) is 0 Å². The van der Waals surface area contributed by atoms with Crippen LogP contribution in [0.1, 0.15) is 37.4 Å². The molecule has 3 heteroatoms. The van der Waals surface area contributed by atoms with Crippen LogP contribution in [0.4, 0.5) is 0 Å². The SMILES string of the molecule is CCCN(CC)C(CN)c1ccccc1COC. The molecule has 0 radical (unpaired) electrons. The molecular formula is C15H26N2O. The topological polar surface area (TPSA) is 38.5 Å². The van der Waals surface area contributed by atoms with Crippen LogP contribution in [0, 0.1) is 0 Å². The molecule has 0 aliphatic carbocycles. The van der Waals surface area contributed by atoms with Gasteiger partial charge >= 0.3 is 0 Å². The van der Waals surface area contributed by atoms with E-state index in [2.05, 4.69) is 43.0 Å². The molecule has 0 aliphatic heterocycles. The monoisotopic (exact) mass is 250 g/mol. The molecule has 1 rings (SSSR count). The third kappa shape index (κ3) is 3.80. The van der Waals surface area contributed by atoms with Crippen LogP contribution in [-0.2, 0) is 11.3 Å². The normalized spacial score (nSPS) is 12.9. The summed E-state index contributed by atoms with van der Waals surface area (Å²) in [5.74, 6) is 0. The number of likely N-dealkylation sites (N-methyl/N-ethyl adjacent to an activating group) is 1. The fourth-order valence-corrected chi connectivity index (χ4v) is 2.44. The summed E-state index contributed by atoms with van der Waals surface area (Å²) < 4.78 is 5.28. The van der Waals surface area contributed by atoms with Gasteiger partial charge in [0.2, 0.25) is 0 Å². The third-order valence-electron chi connectivity index (χ3n) is 3.29. The predicted octanol–water partition coefficient (Wildman–Crippen LogP) is 2.56. The minimum Gasteiger partial charge on any atom is -0.380 e. The van der Waals surface area contributed by atoms with Crippen LogP contribution in [0.5, 0.6) is 0 Å². The number of methoxy groups -OCH3 is 1. The molecule has 0 fully saturated rings. The molecular weight excluding hydrogens is 224 g/mol. The van der Waals surface area contributed by atoms with Gasteiger partial charge in [-0.25, -0.2) is 0 Å². The first-order valence-corrected chi connectivity index (χ1v) is 6.79. The fraction of sp³-hybridized carbons (Fsp3) is 0.600. The second-order valence-corrected chi connectivity index (χ2v) is 4.51. The molecule has 0 bridgehead atoms. The van der Waals surface area contributed by atoms with Crippen molar-refractivity contribution in [3.63, 3.8) is 0 Å². The summed E-state index contributed by atoms with van der Waals surface area (Å²) in [7, 11) is 1.73. The highest BCUT2D eigenvalue weighted by atomic mass is 16.5. The number of rotatable bonds is 8.